The van der Waals surface area contributed by atoms with Gasteiger partial charge >= 0.3 is 5.97 Å². The summed E-state index contributed by atoms with van der Waals surface area (Å²) in [6.07, 6.45) is 24.1. The third-order valence-corrected chi connectivity index (χ3v) is 5.96. The van der Waals surface area contributed by atoms with Crippen molar-refractivity contribution in [2.75, 3.05) is 0 Å². The maximum Gasteiger partial charge on any atom is 0.306 e. The lowest BCUT2D eigenvalue weighted by molar-refractivity contribution is -0.143. The van der Waals surface area contributed by atoms with Crippen molar-refractivity contribution in [3.8, 4) is 0 Å². The van der Waals surface area contributed by atoms with Gasteiger partial charge in [-0.1, -0.05) is 124 Å². The second kappa shape index (κ2) is 19.2. The number of carboxylic acid groups (broad SMARTS) is 1. The molecule has 0 spiro atoms. The lowest BCUT2D eigenvalue weighted by Gasteiger charge is -2.18. The Morgan fingerprint density at radius 3 is 1.31 bits per heavy atom. The van der Waals surface area contributed by atoms with Gasteiger partial charge in [0.2, 0.25) is 0 Å². The SMILES string of the molecule is CCCCCCCCCCCCCCCCCCC(C)C(CC)C(=O)O. The quantitative estimate of drug-likeness (QED) is 0.219. The zero-order valence-electron chi connectivity index (χ0n) is 18.2. The first-order valence-electron chi connectivity index (χ1n) is 11.9. The van der Waals surface area contributed by atoms with Crippen LogP contribution < -0.4 is 0 Å². The number of carboxylic acids is 1. The van der Waals surface area contributed by atoms with Gasteiger partial charge in [-0.25, -0.2) is 0 Å². The Morgan fingerprint density at radius 2 is 1.00 bits per heavy atom. The molecule has 1 N–H and O–H groups in total. The Bertz CT molecular complexity index is 301. The fourth-order valence-electron chi connectivity index (χ4n) is 4.04. The molecule has 2 atom stereocenters. The van der Waals surface area contributed by atoms with E-state index >= 15 is 0 Å². The first-order valence-corrected chi connectivity index (χ1v) is 11.9. The lowest BCUT2D eigenvalue weighted by atomic mass is 9.87. The van der Waals surface area contributed by atoms with Gasteiger partial charge in [0, 0.05) is 0 Å². The van der Waals surface area contributed by atoms with Gasteiger partial charge in [0.25, 0.3) is 0 Å². The molecular formula is C24H48O2. The van der Waals surface area contributed by atoms with Gasteiger partial charge in [-0.2, -0.15) is 0 Å². The van der Waals surface area contributed by atoms with Gasteiger partial charge in [0.15, 0.2) is 0 Å². The second-order valence-electron chi connectivity index (χ2n) is 8.42. The highest BCUT2D eigenvalue weighted by molar-refractivity contribution is 5.70. The molecule has 0 fully saturated rings. The highest BCUT2D eigenvalue weighted by Gasteiger charge is 2.21. The van der Waals surface area contributed by atoms with Crippen LogP contribution in [0.5, 0.6) is 0 Å². The van der Waals surface area contributed by atoms with E-state index in [1.807, 2.05) is 6.92 Å². The molecule has 26 heavy (non-hydrogen) atoms. The van der Waals surface area contributed by atoms with Crippen LogP contribution in [0.3, 0.4) is 0 Å². The van der Waals surface area contributed by atoms with Gasteiger partial charge < -0.3 is 5.11 Å². The molecule has 156 valence electrons. The minimum atomic E-state index is -0.614. The topological polar surface area (TPSA) is 37.3 Å². The molecule has 0 aliphatic rings. The summed E-state index contributed by atoms with van der Waals surface area (Å²) in [4.78, 5) is 11.1. The van der Waals surface area contributed by atoms with Crippen LogP contribution in [-0.4, -0.2) is 11.1 Å². The second-order valence-corrected chi connectivity index (χ2v) is 8.42. The molecule has 2 unspecified atom stereocenters. The summed E-state index contributed by atoms with van der Waals surface area (Å²) < 4.78 is 0. The molecule has 0 aromatic carbocycles. The number of aliphatic carboxylic acids is 1. The molecule has 0 aromatic rings. The van der Waals surface area contributed by atoms with E-state index < -0.39 is 5.97 Å². The Hall–Kier alpha value is -0.530. The van der Waals surface area contributed by atoms with E-state index in [9.17, 15) is 9.90 Å². The predicted octanol–water partition coefficient (Wildman–Crippen LogP) is 8.38. The molecule has 0 heterocycles. The molecule has 0 saturated heterocycles. The summed E-state index contributed by atoms with van der Waals surface area (Å²) in [5.74, 6) is -0.438. The number of carbonyl (C=O) groups is 1. The zero-order chi connectivity index (χ0) is 19.5. The molecule has 0 bridgehead atoms. The average Bonchev–Trinajstić information content (AvgIpc) is 2.61. The molecule has 0 aliphatic heterocycles. The van der Waals surface area contributed by atoms with Crippen LogP contribution in [0.2, 0.25) is 0 Å². The molecule has 2 nitrogen and oxygen atoms in total. The van der Waals surface area contributed by atoms with Gasteiger partial charge in [0.1, 0.15) is 0 Å². The lowest BCUT2D eigenvalue weighted by Crippen LogP contribution is -2.20. The van der Waals surface area contributed by atoms with Crippen LogP contribution in [-0.2, 0) is 4.79 Å². The fraction of sp³-hybridized carbons (Fsp3) is 0.958. The number of hydrogen-bond acceptors (Lipinski definition) is 1. The summed E-state index contributed by atoms with van der Waals surface area (Å²) in [5.41, 5.74) is 0. The normalized spacial score (nSPS) is 13.7. The van der Waals surface area contributed by atoms with E-state index in [0.717, 1.165) is 12.8 Å². The number of rotatable bonds is 20. The van der Waals surface area contributed by atoms with Gasteiger partial charge in [-0.05, 0) is 18.8 Å². The van der Waals surface area contributed by atoms with Crippen LogP contribution in [0.15, 0.2) is 0 Å². The van der Waals surface area contributed by atoms with E-state index in [1.165, 1.54) is 103 Å². The van der Waals surface area contributed by atoms with E-state index in [0.29, 0.717) is 5.92 Å². The minimum absolute atomic E-state index is 0.147. The Labute approximate surface area is 164 Å². The van der Waals surface area contributed by atoms with Gasteiger partial charge in [-0.3, -0.25) is 4.79 Å². The summed E-state index contributed by atoms with van der Waals surface area (Å²) >= 11 is 0. The van der Waals surface area contributed by atoms with Crippen LogP contribution >= 0.6 is 0 Å². The third kappa shape index (κ3) is 15.7. The van der Waals surface area contributed by atoms with Crippen molar-refractivity contribution >= 4 is 5.97 Å². The van der Waals surface area contributed by atoms with E-state index in [1.54, 1.807) is 0 Å². The predicted molar refractivity (Wildman–Crippen MR) is 115 cm³/mol. The summed E-state index contributed by atoms with van der Waals surface area (Å²) in [6, 6.07) is 0. The number of hydrogen-bond donors (Lipinski definition) is 1. The third-order valence-electron chi connectivity index (χ3n) is 5.96. The van der Waals surface area contributed by atoms with E-state index in [-0.39, 0.29) is 5.92 Å². The van der Waals surface area contributed by atoms with E-state index in [2.05, 4.69) is 13.8 Å². The maximum absolute atomic E-state index is 11.1. The molecule has 0 radical (unpaired) electrons. The van der Waals surface area contributed by atoms with Crippen molar-refractivity contribution in [3.63, 3.8) is 0 Å². The molecule has 2 heteroatoms. The van der Waals surface area contributed by atoms with E-state index in [4.69, 9.17) is 0 Å². The molecule has 0 aliphatic carbocycles. The smallest absolute Gasteiger partial charge is 0.306 e. The summed E-state index contributed by atoms with van der Waals surface area (Å²) in [6.45, 7) is 6.38. The average molecular weight is 369 g/mol. The van der Waals surface area contributed by atoms with Crippen LogP contribution in [0.25, 0.3) is 0 Å². The van der Waals surface area contributed by atoms with Crippen molar-refractivity contribution in [2.45, 2.75) is 136 Å². The summed E-state index contributed by atoms with van der Waals surface area (Å²) in [5, 5.41) is 9.18. The Balaban J connectivity index is 3.23. The van der Waals surface area contributed by atoms with Crippen molar-refractivity contribution in [2.24, 2.45) is 11.8 Å². The molecule has 0 saturated carbocycles. The highest BCUT2D eigenvalue weighted by Crippen LogP contribution is 2.22. The number of unbranched alkanes of at least 4 members (excludes halogenated alkanes) is 15. The van der Waals surface area contributed by atoms with Crippen molar-refractivity contribution < 1.29 is 9.90 Å². The van der Waals surface area contributed by atoms with Crippen LogP contribution in [0.4, 0.5) is 0 Å². The summed E-state index contributed by atoms with van der Waals surface area (Å²) in [7, 11) is 0. The Kier molecular flexibility index (Phi) is 18.8. The molecule has 0 amide bonds. The van der Waals surface area contributed by atoms with Crippen molar-refractivity contribution in [1.82, 2.24) is 0 Å². The minimum Gasteiger partial charge on any atom is -0.481 e. The molecule has 0 aromatic heterocycles. The van der Waals surface area contributed by atoms with Crippen LogP contribution in [0.1, 0.15) is 136 Å². The first-order chi connectivity index (χ1) is 12.6. The highest BCUT2D eigenvalue weighted by atomic mass is 16.4. The maximum atomic E-state index is 11.1. The van der Waals surface area contributed by atoms with Crippen LogP contribution in [0, 0.1) is 11.8 Å². The van der Waals surface area contributed by atoms with Crippen molar-refractivity contribution in [1.29, 1.82) is 0 Å². The van der Waals surface area contributed by atoms with Gasteiger partial charge in [0.05, 0.1) is 5.92 Å². The molecular weight excluding hydrogens is 320 g/mol. The monoisotopic (exact) mass is 368 g/mol. The Morgan fingerprint density at radius 1 is 0.654 bits per heavy atom. The molecule has 0 rings (SSSR count). The standard InChI is InChI=1S/C24H48O2/c1-4-6-7-8-9-10-11-12-13-14-15-16-17-18-19-20-21-22(3)23(5-2)24(25)26/h22-23H,4-21H2,1-3H3,(H,25,26). The van der Waals surface area contributed by atoms with Crippen molar-refractivity contribution in [3.05, 3.63) is 0 Å². The largest absolute Gasteiger partial charge is 0.481 e. The zero-order valence-corrected chi connectivity index (χ0v) is 18.2. The fourth-order valence-corrected chi connectivity index (χ4v) is 4.04. The van der Waals surface area contributed by atoms with Gasteiger partial charge in [-0.15, -0.1) is 0 Å². The first kappa shape index (κ1) is 25.5.